The minimum absolute atomic E-state index is 0.0158. The van der Waals surface area contributed by atoms with E-state index in [0.29, 0.717) is 22.5 Å². The van der Waals surface area contributed by atoms with Crippen LogP contribution in [0.15, 0.2) is 41.2 Å². The van der Waals surface area contributed by atoms with E-state index >= 15 is 0 Å². The molecule has 0 unspecified atom stereocenters. The van der Waals surface area contributed by atoms with E-state index < -0.39 is 0 Å². The Morgan fingerprint density at radius 3 is 2.42 bits per heavy atom. The molecule has 0 saturated carbocycles. The number of nitrogens with zero attached hydrogens (tertiary/aromatic N) is 4. The highest BCUT2D eigenvalue weighted by Gasteiger charge is 2.20. The Balaban J connectivity index is 2.31. The summed E-state index contributed by atoms with van der Waals surface area (Å²) in [5, 5.41) is 4.41. The Morgan fingerprint density at radius 2 is 1.81 bits per heavy atom. The van der Waals surface area contributed by atoms with Gasteiger partial charge in [-0.05, 0) is 44.2 Å². The average molecular weight is 355 g/mol. The highest BCUT2D eigenvalue weighted by Crippen LogP contribution is 2.36. The lowest BCUT2D eigenvalue weighted by Crippen LogP contribution is -2.24. The Labute approximate surface area is 149 Å². The number of methoxy groups -OCH3 is 1. The zero-order chi connectivity index (χ0) is 18.8. The second-order valence-electron chi connectivity index (χ2n) is 5.92. The predicted octanol–water partition coefficient (Wildman–Crippen LogP) is 2.68. The summed E-state index contributed by atoms with van der Waals surface area (Å²) in [6.07, 6.45) is 0. The molecule has 0 radical (unpaired) electrons. The first-order valence-corrected chi connectivity index (χ1v) is 7.98. The van der Waals surface area contributed by atoms with Crippen LogP contribution in [0.3, 0.4) is 0 Å². The van der Waals surface area contributed by atoms with Crippen molar-refractivity contribution >= 4 is 5.95 Å². The van der Waals surface area contributed by atoms with Gasteiger partial charge in [-0.3, -0.25) is 4.79 Å². The van der Waals surface area contributed by atoms with Crippen LogP contribution in [-0.4, -0.2) is 26.9 Å². The average Bonchev–Trinajstić information content (AvgIpc) is 2.62. The predicted molar refractivity (Wildman–Crippen MR) is 96.3 cm³/mol. The second-order valence-corrected chi connectivity index (χ2v) is 5.92. The molecule has 134 valence electrons. The van der Waals surface area contributed by atoms with Crippen molar-refractivity contribution in [1.82, 2.24) is 19.7 Å². The largest absolute Gasteiger partial charge is 0.480 e. The van der Waals surface area contributed by atoms with Crippen LogP contribution in [0.5, 0.6) is 5.88 Å². The normalized spacial score (nSPS) is 11.0. The zero-order valence-electron chi connectivity index (χ0n) is 14.6. The smallest absolute Gasteiger partial charge is 0.267 e. The molecule has 0 aliphatic rings. The molecule has 0 aliphatic heterocycles. The maximum Gasteiger partial charge on any atom is 0.267 e. The van der Waals surface area contributed by atoms with Crippen LogP contribution >= 0.6 is 0 Å². The van der Waals surface area contributed by atoms with Gasteiger partial charge in [0, 0.05) is 11.6 Å². The van der Waals surface area contributed by atoms with Gasteiger partial charge in [0.15, 0.2) is 0 Å². The van der Waals surface area contributed by atoms with E-state index in [1.807, 2.05) is 13.8 Å². The van der Waals surface area contributed by atoms with Crippen molar-refractivity contribution in [3.63, 3.8) is 0 Å². The molecule has 0 atom stereocenters. The molecule has 26 heavy (non-hydrogen) atoms. The van der Waals surface area contributed by atoms with E-state index in [1.54, 1.807) is 18.2 Å². The van der Waals surface area contributed by atoms with Crippen LogP contribution in [0.25, 0.3) is 22.5 Å². The van der Waals surface area contributed by atoms with Gasteiger partial charge in [0.25, 0.3) is 5.56 Å². The maximum atomic E-state index is 13.3. The highest BCUT2D eigenvalue weighted by molar-refractivity contribution is 5.83. The fourth-order valence-electron chi connectivity index (χ4n) is 2.58. The van der Waals surface area contributed by atoms with Crippen LogP contribution in [0.4, 0.5) is 10.3 Å². The van der Waals surface area contributed by atoms with Crippen molar-refractivity contribution in [3.8, 4) is 28.4 Å². The Morgan fingerprint density at radius 1 is 1.12 bits per heavy atom. The third kappa shape index (κ3) is 3.26. The molecule has 2 heterocycles. The third-order valence-corrected chi connectivity index (χ3v) is 3.77. The number of aromatic nitrogens is 4. The molecular formula is C18H18FN5O2. The van der Waals surface area contributed by atoms with Crippen LogP contribution < -0.4 is 16.0 Å². The number of hydrogen-bond acceptors (Lipinski definition) is 6. The van der Waals surface area contributed by atoms with Crippen LogP contribution in [0, 0.1) is 5.82 Å². The fraction of sp³-hybridized carbons (Fsp3) is 0.222. The summed E-state index contributed by atoms with van der Waals surface area (Å²) < 4.78 is 20.0. The molecule has 1 aromatic carbocycles. The lowest BCUT2D eigenvalue weighted by Gasteiger charge is -2.15. The van der Waals surface area contributed by atoms with Gasteiger partial charge in [-0.25, -0.2) is 14.1 Å². The van der Waals surface area contributed by atoms with Crippen molar-refractivity contribution in [2.24, 2.45) is 0 Å². The number of rotatable bonds is 4. The van der Waals surface area contributed by atoms with Gasteiger partial charge in [-0.15, -0.1) is 0 Å². The number of benzene rings is 1. The summed E-state index contributed by atoms with van der Waals surface area (Å²) in [7, 11) is 1.46. The molecule has 2 N–H and O–H groups in total. The molecule has 3 aromatic rings. The summed E-state index contributed by atoms with van der Waals surface area (Å²) >= 11 is 0. The van der Waals surface area contributed by atoms with Crippen molar-refractivity contribution in [3.05, 3.63) is 52.6 Å². The Bertz CT molecular complexity index is 999. The van der Waals surface area contributed by atoms with Crippen molar-refractivity contribution < 1.29 is 9.13 Å². The fourth-order valence-corrected chi connectivity index (χ4v) is 2.58. The van der Waals surface area contributed by atoms with Gasteiger partial charge in [0.1, 0.15) is 5.82 Å². The first-order chi connectivity index (χ1) is 12.4. The van der Waals surface area contributed by atoms with Crippen LogP contribution in [0.1, 0.15) is 19.9 Å². The summed E-state index contributed by atoms with van der Waals surface area (Å²) in [4.78, 5) is 20.4. The number of nitrogen functional groups attached to an aromatic ring is 1. The van der Waals surface area contributed by atoms with Gasteiger partial charge >= 0.3 is 0 Å². The first kappa shape index (κ1) is 17.5. The SMILES string of the molecule is COc1nc(N)nc(-c2ccc(F)cc2)c1-c1ccc(=O)n(C(C)C)n1. The summed E-state index contributed by atoms with van der Waals surface area (Å²) in [5.74, 6) is -0.129. The zero-order valence-corrected chi connectivity index (χ0v) is 14.6. The van der Waals surface area contributed by atoms with Crippen LogP contribution in [-0.2, 0) is 0 Å². The second kappa shape index (κ2) is 6.91. The van der Waals surface area contributed by atoms with E-state index in [9.17, 15) is 9.18 Å². The number of hydrogen-bond donors (Lipinski definition) is 1. The van der Waals surface area contributed by atoms with E-state index in [0.717, 1.165) is 0 Å². The van der Waals surface area contributed by atoms with Gasteiger partial charge in [-0.2, -0.15) is 10.1 Å². The van der Waals surface area contributed by atoms with E-state index in [-0.39, 0.29) is 29.2 Å². The molecule has 0 amide bonds. The van der Waals surface area contributed by atoms with Gasteiger partial charge < -0.3 is 10.5 Å². The summed E-state index contributed by atoms with van der Waals surface area (Å²) in [5.41, 5.74) is 7.57. The van der Waals surface area contributed by atoms with E-state index in [2.05, 4.69) is 15.1 Å². The first-order valence-electron chi connectivity index (χ1n) is 7.98. The molecule has 0 saturated heterocycles. The Hall–Kier alpha value is -3.29. The van der Waals surface area contributed by atoms with E-state index in [1.165, 1.54) is 30.0 Å². The lowest BCUT2D eigenvalue weighted by molar-refractivity contribution is 0.399. The number of nitrogens with two attached hydrogens (primary N) is 1. The van der Waals surface area contributed by atoms with Crippen LogP contribution in [0.2, 0.25) is 0 Å². The summed E-state index contributed by atoms with van der Waals surface area (Å²) in [6.45, 7) is 3.71. The molecule has 0 bridgehead atoms. The Kier molecular flexibility index (Phi) is 4.66. The number of anilines is 1. The molecule has 2 aromatic heterocycles. The molecule has 0 aliphatic carbocycles. The van der Waals surface area contributed by atoms with Gasteiger partial charge in [-0.1, -0.05) is 0 Å². The monoisotopic (exact) mass is 355 g/mol. The minimum Gasteiger partial charge on any atom is -0.480 e. The van der Waals surface area contributed by atoms with Crippen molar-refractivity contribution in [2.75, 3.05) is 12.8 Å². The molecule has 3 rings (SSSR count). The maximum absolute atomic E-state index is 13.3. The van der Waals surface area contributed by atoms with Crippen molar-refractivity contribution in [1.29, 1.82) is 0 Å². The minimum atomic E-state index is -0.365. The quantitative estimate of drug-likeness (QED) is 0.773. The topological polar surface area (TPSA) is 95.9 Å². The highest BCUT2D eigenvalue weighted by atomic mass is 19.1. The van der Waals surface area contributed by atoms with E-state index in [4.69, 9.17) is 10.5 Å². The molecule has 8 heteroatoms. The third-order valence-electron chi connectivity index (χ3n) is 3.77. The van der Waals surface area contributed by atoms with Gasteiger partial charge in [0.05, 0.1) is 30.1 Å². The molecule has 0 fully saturated rings. The van der Waals surface area contributed by atoms with Crippen molar-refractivity contribution in [2.45, 2.75) is 19.9 Å². The number of ether oxygens (including phenoxy) is 1. The molecular weight excluding hydrogens is 337 g/mol. The number of halogens is 1. The standard InChI is InChI=1S/C18H18FN5O2/c1-10(2)24-14(25)9-8-13(23-24)15-16(11-4-6-12(19)7-5-11)21-18(20)22-17(15)26-3/h4-10H,1-3H3,(H2,20,21,22). The lowest BCUT2D eigenvalue weighted by atomic mass is 10.0. The molecule has 7 nitrogen and oxygen atoms in total. The summed E-state index contributed by atoms with van der Waals surface area (Å²) in [6, 6.07) is 8.69. The van der Waals surface area contributed by atoms with Gasteiger partial charge in [0.2, 0.25) is 11.8 Å². The molecule has 0 spiro atoms.